The molecule has 0 bridgehead atoms. The third-order valence-corrected chi connectivity index (χ3v) is 7.47. The molecule has 1 aliphatic rings. The van der Waals surface area contributed by atoms with Crippen molar-refractivity contribution in [2.75, 3.05) is 0 Å². The third kappa shape index (κ3) is 6.85. The van der Waals surface area contributed by atoms with E-state index in [1.807, 2.05) is 6.08 Å². The van der Waals surface area contributed by atoms with Gasteiger partial charge in [-0.15, -0.1) is 6.58 Å². The molecule has 0 amide bonds. The monoisotopic (exact) mass is 568 g/mol. The van der Waals surface area contributed by atoms with Crippen molar-refractivity contribution >= 4 is 0 Å². The van der Waals surface area contributed by atoms with Gasteiger partial charge >= 0.3 is 6.11 Å². The van der Waals surface area contributed by atoms with E-state index in [0.717, 1.165) is 38.0 Å². The van der Waals surface area contributed by atoms with Crippen LogP contribution < -0.4 is 4.74 Å². The number of rotatable bonds is 10. The van der Waals surface area contributed by atoms with Crippen LogP contribution in [0.4, 0.5) is 35.1 Å². The van der Waals surface area contributed by atoms with Gasteiger partial charge in [0.25, 0.3) is 0 Å². The van der Waals surface area contributed by atoms with Gasteiger partial charge < -0.3 is 4.74 Å². The van der Waals surface area contributed by atoms with Gasteiger partial charge in [0, 0.05) is 17.7 Å². The van der Waals surface area contributed by atoms with Gasteiger partial charge in [-0.05, 0) is 66.8 Å². The molecule has 0 aliphatic heterocycles. The van der Waals surface area contributed by atoms with Crippen molar-refractivity contribution in [2.24, 2.45) is 11.8 Å². The molecule has 3 aromatic rings. The molecule has 0 N–H and O–H groups in total. The lowest BCUT2D eigenvalue weighted by molar-refractivity contribution is -0.189. The summed E-state index contributed by atoms with van der Waals surface area (Å²) < 4.78 is 117. The molecule has 1 nitrogen and oxygen atoms in total. The Morgan fingerprint density at radius 3 is 1.88 bits per heavy atom. The Hall–Kier alpha value is -3.36. The largest absolute Gasteiger partial charge is 0.432 e. The molecule has 0 unspecified atom stereocenters. The van der Waals surface area contributed by atoms with Gasteiger partial charge in [0.15, 0.2) is 17.5 Å². The fourth-order valence-electron chi connectivity index (χ4n) is 5.28. The van der Waals surface area contributed by atoms with Crippen LogP contribution in [0.15, 0.2) is 55.1 Å². The molecule has 0 saturated heterocycles. The van der Waals surface area contributed by atoms with Crippen molar-refractivity contribution in [2.45, 2.75) is 57.5 Å². The lowest BCUT2D eigenvalue weighted by Gasteiger charge is -2.28. The first-order valence-corrected chi connectivity index (χ1v) is 13.1. The summed E-state index contributed by atoms with van der Waals surface area (Å²) in [5.41, 5.74) is -1.65. The average Bonchev–Trinajstić information content (AvgIpc) is 2.89. The standard InChI is InChI=1S/C31H28F8O/c1-2-3-4-18-5-7-19(8-6-18)9-10-20-11-12-23(24(32)13-20)21-14-25(33)29(26(34)15-21)31(38,39)40-22-16-27(35)30(37)28(36)17-22/h2,11-19H,1,3-10H2. The second kappa shape index (κ2) is 12.4. The highest BCUT2D eigenvalue weighted by Crippen LogP contribution is 2.38. The van der Waals surface area contributed by atoms with Crippen molar-refractivity contribution in [1.29, 1.82) is 0 Å². The molecule has 0 atom stereocenters. The topological polar surface area (TPSA) is 9.23 Å². The smallest absolute Gasteiger partial charge is 0.429 e. The summed E-state index contributed by atoms with van der Waals surface area (Å²) >= 11 is 0. The second-order valence-corrected chi connectivity index (χ2v) is 10.2. The predicted octanol–water partition coefficient (Wildman–Crippen LogP) is 10.0. The normalized spacial score (nSPS) is 17.6. The molecule has 214 valence electrons. The SMILES string of the molecule is C=CCCC1CCC(CCc2ccc(-c3cc(F)c(C(F)(F)Oc4cc(F)c(F)c(F)c4)c(F)c3)c(F)c2)CC1. The van der Waals surface area contributed by atoms with E-state index in [9.17, 15) is 35.1 Å². The van der Waals surface area contributed by atoms with Gasteiger partial charge in [0.2, 0.25) is 0 Å². The molecule has 3 aromatic carbocycles. The number of ether oxygens (including phenoxy) is 1. The molecule has 4 rings (SSSR count). The molecule has 40 heavy (non-hydrogen) atoms. The lowest BCUT2D eigenvalue weighted by atomic mass is 9.78. The highest BCUT2D eigenvalue weighted by Gasteiger charge is 2.41. The summed E-state index contributed by atoms with van der Waals surface area (Å²) in [4.78, 5) is 0. The van der Waals surface area contributed by atoms with Crippen molar-refractivity contribution < 1.29 is 39.9 Å². The Labute approximate surface area is 227 Å². The Balaban J connectivity index is 1.45. The maximum atomic E-state index is 14.9. The van der Waals surface area contributed by atoms with Gasteiger partial charge in [0.05, 0.1) is 0 Å². The van der Waals surface area contributed by atoms with E-state index in [2.05, 4.69) is 11.3 Å². The number of benzene rings is 3. The van der Waals surface area contributed by atoms with E-state index in [1.54, 1.807) is 6.07 Å². The summed E-state index contributed by atoms with van der Waals surface area (Å²) in [6, 6.07) is 5.50. The third-order valence-electron chi connectivity index (χ3n) is 7.47. The van der Waals surface area contributed by atoms with E-state index >= 15 is 0 Å². The first kappa shape index (κ1) is 29.6. The number of hydrogen-bond donors (Lipinski definition) is 0. The summed E-state index contributed by atoms with van der Waals surface area (Å²) in [5, 5.41) is 0. The van der Waals surface area contributed by atoms with E-state index in [-0.39, 0.29) is 23.3 Å². The number of aryl methyl sites for hydroxylation is 1. The fraction of sp³-hybridized carbons (Fsp3) is 0.355. The Kier molecular flexibility index (Phi) is 9.21. The van der Waals surface area contributed by atoms with Crippen LogP contribution in [0.3, 0.4) is 0 Å². The van der Waals surface area contributed by atoms with Crippen LogP contribution in [0, 0.1) is 46.7 Å². The number of hydrogen-bond acceptors (Lipinski definition) is 1. The summed E-state index contributed by atoms with van der Waals surface area (Å²) in [6.07, 6.45) is 5.48. The van der Waals surface area contributed by atoms with Crippen LogP contribution in [-0.2, 0) is 12.5 Å². The molecule has 1 fully saturated rings. The van der Waals surface area contributed by atoms with Crippen molar-refractivity contribution in [3.8, 4) is 16.9 Å². The van der Waals surface area contributed by atoms with E-state index in [0.29, 0.717) is 30.0 Å². The second-order valence-electron chi connectivity index (χ2n) is 10.2. The molecule has 9 heteroatoms. The first-order chi connectivity index (χ1) is 19.0. The van der Waals surface area contributed by atoms with Gasteiger partial charge in [-0.2, -0.15) is 8.78 Å². The van der Waals surface area contributed by atoms with E-state index < -0.39 is 52.3 Å². The average molecular weight is 569 g/mol. The zero-order valence-electron chi connectivity index (χ0n) is 21.6. The number of halogens is 8. The van der Waals surface area contributed by atoms with Crippen LogP contribution in [0.1, 0.15) is 56.1 Å². The summed E-state index contributed by atoms with van der Waals surface area (Å²) in [5.74, 6) is -9.80. The van der Waals surface area contributed by atoms with Gasteiger partial charge in [-0.3, -0.25) is 0 Å². The van der Waals surface area contributed by atoms with Crippen LogP contribution in [0.5, 0.6) is 5.75 Å². The maximum absolute atomic E-state index is 14.9. The van der Waals surface area contributed by atoms with E-state index in [1.165, 1.54) is 25.0 Å². The Bertz CT molecular complexity index is 1320. The number of alkyl halides is 2. The molecule has 1 aliphatic carbocycles. The van der Waals surface area contributed by atoms with Crippen molar-refractivity contribution in [1.82, 2.24) is 0 Å². The zero-order valence-corrected chi connectivity index (χ0v) is 21.6. The van der Waals surface area contributed by atoms with Crippen LogP contribution in [0.2, 0.25) is 0 Å². The maximum Gasteiger partial charge on any atom is 0.432 e. The van der Waals surface area contributed by atoms with Crippen molar-refractivity contribution in [3.05, 3.63) is 101 Å². The highest BCUT2D eigenvalue weighted by molar-refractivity contribution is 5.65. The number of allylic oxidation sites excluding steroid dienone is 1. The summed E-state index contributed by atoms with van der Waals surface area (Å²) in [7, 11) is 0. The summed E-state index contributed by atoms with van der Waals surface area (Å²) in [6.45, 7) is 3.77. The Morgan fingerprint density at radius 2 is 1.32 bits per heavy atom. The molecule has 0 spiro atoms. The molecule has 1 saturated carbocycles. The van der Waals surface area contributed by atoms with Crippen LogP contribution in [-0.4, -0.2) is 0 Å². The highest BCUT2D eigenvalue weighted by atomic mass is 19.3. The lowest BCUT2D eigenvalue weighted by Crippen LogP contribution is -2.25. The minimum atomic E-state index is -4.73. The van der Waals surface area contributed by atoms with Gasteiger partial charge in [0.1, 0.15) is 28.8 Å². The van der Waals surface area contributed by atoms with Crippen LogP contribution >= 0.6 is 0 Å². The van der Waals surface area contributed by atoms with E-state index in [4.69, 9.17) is 0 Å². The molecule has 0 aromatic heterocycles. The molecule has 0 radical (unpaired) electrons. The minimum Gasteiger partial charge on any atom is -0.429 e. The fourth-order valence-corrected chi connectivity index (χ4v) is 5.28. The van der Waals surface area contributed by atoms with Crippen LogP contribution in [0.25, 0.3) is 11.1 Å². The first-order valence-electron chi connectivity index (χ1n) is 13.1. The predicted molar refractivity (Wildman–Crippen MR) is 136 cm³/mol. The minimum absolute atomic E-state index is 0.114. The van der Waals surface area contributed by atoms with Gasteiger partial charge in [-0.1, -0.05) is 43.9 Å². The van der Waals surface area contributed by atoms with Gasteiger partial charge in [-0.25, -0.2) is 26.3 Å². The molecule has 0 heterocycles. The molecular formula is C31H28F8O. The quantitative estimate of drug-likeness (QED) is 0.134. The van der Waals surface area contributed by atoms with Crippen molar-refractivity contribution in [3.63, 3.8) is 0 Å². The Morgan fingerprint density at radius 1 is 0.750 bits per heavy atom. The zero-order chi connectivity index (χ0) is 29.0. The molecular weight excluding hydrogens is 540 g/mol.